The summed E-state index contributed by atoms with van der Waals surface area (Å²) in [6, 6.07) is 21.6. The fourth-order valence-electron chi connectivity index (χ4n) is 3.71. The molecule has 1 unspecified atom stereocenters. The summed E-state index contributed by atoms with van der Waals surface area (Å²) in [5.74, 6) is -0.867. The molecular formula is C26H22F2N2O5. The lowest BCUT2D eigenvalue weighted by Crippen LogP contribution is -2.31. The van der Waals surface area contributed by atoms with Gasteiger partial charge in [-0.1, -0.05) is 48.5 Å². The van der Waals surface area contributed by atoms with E-state index in [0.717, 1.165) is 22.9 Å². The van der Waals surface area contributed by atoms with E-state index in [1.54, 1.807) is 19.2 Å². The maximum atomic E-state index is 13.1. The zero-order valence-electron chi connectivity index (χ0n) is 18.8. The molecule has 9 heteroatoms. The SMILES string of the molecule is COc1ccc(C2CC(c3ccccc3)=NN2C(=O)COC(=O)c2cccc(OC(F)F)c2)cc1. The fourth-order valence-corrected chi connectivity index (χ4v) is 3.71. The van der Waals surface area contributed by atoms with Gasteiger partial charge in [0.15, 0.2) is 6.61 Å². The maximum absolute atomic E-state index is 13.1. The number of alkyl halides is 2. The highest BCUT2D eigenvalue weighted by Gasteiger charge is 2.33. The summed E-state index contributed by atoms with van der Waals surface area (Å²) in [6.07, 6.45) is 0.475. The molecule has 0 saturated carbocycles. The second-order valence-electron chi connectivity index (χ2n) is 7.63. The summed E-state index contributed by atoms with van der Waals surface area (Å²) >= 11 is 0. The molecule has 0 bridgehead atoms. The summed E-state index contributed by atoms with van der Waals surface area (Å²) in [5.41, 5.74) is 2.44. The summed E-state index contributed by atoms with van der Waals surface area (Å²) in [6.45, 7) is -3.60. The molecule has 1 heterocycles. The van der Waals surface area contributed by atoms with E-state index in [0.29, 0.717) is 12.2 Å². The van der Waals surface area contributed by atoms with E-state index in [9.17, 15) is 18.4 Å². The van der Waals surface area contributed by atoms with Gasteiger partial charge in [0.05, 0.1) is 24.4 Å². The predicted octanol–water partition coefficient (Wildman–Crippen LogP) is 4.83. The minimum absolute atomic E-state index is 0.0162. The van der Waals surface area contributed by atoms with Crippen molar-refractivity contribution in [2.75, 3.05) is 13.7 Å². The molecule has 3 aromatic carbocycles. The smallest absolute Gasteiger partial charge is 0.387 e. The second kappa shape index (κ2) is 10.8. The number of halogens is 2. The number of hydrazone groups is 1. The van der Waals surface area contributed by atoms with Crippen LogP contribution in [0.15, 0.2) is 84.0 Å². The molecule has 1 aliphatic heterocycles. The molecule has 180 valence electrons. The molecule has 0 spiro atoms. The number of rotatable bonds is 8. The van der Waals surface area contributed by atoms with E-state index in [4.69, 9.17) is 9.47 Å². The van der Waals surface area contributed by atoms with Crippen LogP contribution in [-0.4, -0.2) is 42.9 Å². The number of benzene rings is 3. The van der Waals surface area contributed by atoms with E-state index >= 15 is 0 Å². The van der Waals surface area contributed by atoms with Gasteiger partial charge in [-0.25, -0.2) is 9.80 Å². The van der Waals surface area contributed by atoms with Gasteiger partial charge in [0, 0.05) is 6.42 Å². The van der Waals surface area contributed by atoms with Gasteiger partial charge < -0.3 is 14.2 Å². The van der Waals surface area contributed by atoms with Crippen LogP contribution < -0.4 is 9.47 Å². The van der Waals surface area contributed by atoms with Gasteiger partial charge >= 0.3 is 12.6 Å². The molecule has 0 N–H and O–H groups in total. The Bertz CT molecular complexity index is 1220. The third kappa shape index (κ3) is 5.81. The van der Waals surface area contributed by atoms with Crippen LogP contribution in [0.3, 0.4) is 0 Å². The molecule has 35 heavy (non-hydrogen) atoms. The molecule has 4 rings (SSSR count). The molecular weight excluding hydrogens is 458 g/mol. The third-order valence-corrected chi connectivity index (χ3v) is 5.40. The molecule has 0 aliphatic carbocycles. The minimum atomic E-state index is -3.02. The standard InChI is InChI=1S/C26H22F2N2O5/c1-33-20-12-10-18(11-13-20)23-15-22(17-6-3-2-4-7-17)29-30(23)24(31)16-34-25(32)19-8-5-9-21(14-19)35-26(27)28/h2-14,23,26H,15-16H2,1H3. The Morgan fingerprint density at radius 3 is 2.43 bits per heavy atom. The highest BCUT2D eigenvalue weighted by atomic mass is 19.3. The highest BCUT2D eigenvalue weighted by Crippen LogP contribution is 2.33. The Labute approximate surface area is 200 Å². The lowest BCUT2D eigenvalue weighted by molar-refractivity contribution is -0.136. The second-order valence-corrected chi connectivity index (χ2v) is 7.63. The van der Waals surface area contributed by atoms with Gasteiger partial charge in [0.25, 0.3) is 5.91 Å². The molecule has 0 fully saturated rings. The van der Waals surface area contributed by atoms with Crippen molar-refractivity contribution in [3.05, 3.63) is 95.6 Å². The first kappa shape index (κ1) is 23.9. The number of hydrogen-bond donors (Lipinski definition) is 0. The number of hydrogen-bond acceptors (Lipinski definition) is 6. The first-order chi connectivity index (χ1) is 16.9. The van der Waals surface area contributed by atoms with Crippen molar-refractivity contribution in [2.24, 2.45) is 5.10 Å². The summed E-state index contributed by atoms with van der Waals surface area (Å²) in [7, 11) is 1.57. The number of esters is 1. The van der Waals surface area contributed by atoms with Crippen LogP contribution in [0.25, 0.3) is 0 Å². The number of nitrogens with zero attached hydrogens (tertiary/aromatic N) is 2. The normalized spacial score (nSPS) is 15.0. The summed E-state index contributed by atoms with van der Waals surface area (Å²) in [4.78, 5) is 25.5. The molecule has 1 amide bonds. The van der Waals surface area contributed by atoms with Gasteiger partial charge in [-0.2, -0.15) is 13.9 Å². The van der Waals surface area contributed by atoms with E-state index < -0.39 is 31.1 Å². The zero-order valence-corrected chi connectivity index (χ0v) is 18.8. The quantitative estimate of drug-likeness (QED) is 0.432. The topological polar surface area (TPSA) is 77.4 Å². The first-order valence-corrected chi connectivity index (χ1v) is 10.8. The van der Waals surface area contributed by atoms with Crippen LogP contribution in [-0.2, 0) is 9.53 Å². The lowest BCUT2D eigenvalue weighted by Gasteiger charge is -2.22. The van der Waals surface area contributed by atoms with E-state index in [1.165, 1.54) is 23.2 Å². The molecule has 0 radical (unpaired) electrons. The number of carbonyl (C=O) groups excluding carboxylic acids is 2. The van der Waals surface area contributed by atoms with Gasteiger partial charge in [0.1, 0.15) is 11.5 Å². The Kier molecular flexibility index (Phi) is 7.35. The average molecular weight is 480 g/mol. The highest BCUT2D eigenvalue weighted by molar-refractivity contribution is 6.03. The molecule has 7 nitrogen and oxygen atoms in total. The van der Waals surface area contributed by atoms with Crippen molar-refractivity contribution in [3.63, 3.8) is 0 Å². The zero-order chi connectivity index (χ0) is 24.8. The van der Waals surface area contributed by atoms with Crippen LogP contribution in [0.2, 0.25) is 0 Å². The van der Waals surface area contributed by atoms with Crippen molar-refractivity contribution in [3.8, 4) is 11.5 Å². The van der Waals surface area contributed by atoms with Crippen LogP contribution in [0.5, 0.6) is 11.5 Å². The summed E-state index contributed by atoms with van der Waals surface area (Å²) in [5, 5.41) is 5.84. The minimum Gasteiger partial charge on any atom is -0.497 e. The number of carbonyl (C=O) groups is 2. The van der Waals surface area contributed by atoms with Crippen molar-refractivity contribution >= 4 is 17.6 Å². The van der Waals surface area contributed by atoms with Gasteiger partial charge in [0.2, 0.25) is 0 Å². The van der Waals surface area contributed by atoms with Crippen molar-refractivity contribution < 1.29 is 32.6 Å². The maximum Gasteiger partial charge on any atom is 0.387 e. The van der Waals surface area contributed by atoms with E-state index in [1.807, 2.05) is 42.5 Å². The summed E-state index contributed by atoms with van der Waals surface area (Å²) < 4.78 is 39.6. The van der Waals surface area contributed by atoms with Gasteiger partial charge in [-0.3, -0.25) is 4.79 Å². The van der Waals surface area contributed by atoms with Crippen LogP contribution in [0, 0.1) is 0 Å². The predicted molar refractivity (Wildman–Crippen MR) is 124 cm³/mol. The molecule has 1 atom stereocenters. The van der Waals surface area contributed by atoms with Gasteiger partial charge in [-0.15, -0.1) is 0 Å². The van der Waals surface area contributed by atoms with E-state index in [2.05, 4.69) is 9.84 Å². The van der Waals surface area contributed by atoms with Gasteiger partial charge in [-0.05, 0) is 41.5 Å². The van der Waals surface area contributed by atoms with Crippen LogP contribution >= 0.6 is 0 Å². The Balaban J connectivity index is 1.50. The average Bonchev–Trinajstić information content (AvgIpc) is 3.33. The number of amides is 1. The lowest BCUT2D eigenvalue weighted by atomic mass is 9.98. The van der Waals surface area contributed by atoms with Crippen LogP contribution in [0.1, 0.15) is 33.9 Å². The molecule has 1 aliphatic rings. The van der Waals surface area contributed by atoms with Crippen molar-refractivity contribution in [2.45, 2.75) is 19.1 Å². The van der Waals surface area contributed by atoms with E-state index in [-0.39, 0.29) is 11.3 Å². The number of methoxy groups -OCH3 is 1. The monoisotopic (exact) mass is 480 g/mol. The molecule has 0 saturated heterocycles. The Morgan fingerprint density at radius 1 is 1.00 bits per heavy atom. The molecule has 3 aromatic rings. The largest absolute Gasteiger partial charge is 0.497 e. The van der Waals surface area contributed by atoms with Crippen molar-refractivity contribution in [1.82, 2.24) is 5.01 Å². The van der Waals surface area contributed by atoms with Crippen LogP contribution in [0.4, 0.5) is 8.78 Å². The first-order valence-electron chi connectivity index (χ1n) is 10.8. The van der Waals surface area contributed by atoms with Crippen molar-refractivity contribution in [1.29, 1.82) is 0 Å². The number of ether oxygens (including phenoxy) is 3. The third-order valence-electron chi connectivity index (χ3n) is 5.40. The Morgan fingerprint density at radius 2 is 1.74 bits per heavy atom. The Hall–Kier alpha value is -4.27. The molecule has 0 aromatic heterocycles. The fraction of sp³-hybridized carbons (Fsp3) is 0.192.